The van der Waals surface area contributed by atoms with Gasteiger partial charge in [0.05, 0.1) is 6.10 Å². The summed E-state index contributed by atoms with van der Waals surface area (Å²) in [6.45, 7) is 5.47. The third kappa shape index (κ3) is 3.40. The molecular formula is C28H37NO2. The van der Waals surface area contributed by atoms with Crippen molar-refractivity contribution >= 4 is 11.5 Å². The van der Waals surface area contributed by atoms with E-state index in [1.807, 2.05) is 6.08 Å². The van der Waals surface area contributed by atoms with Gasteiger partial charge >= 0.3 is 0 Å². The standard InChI is InChI=1S/C28H37NO2/c1-5-31-26-15-14-25-23-12-8-19-16-21(30)11-13-22(19)27(23)24(17-28(25,26)2)18-6-9-20(10-7-18)29(3)4/h6-7,9-10,16,23-26H,5,8,11-15,17H2,1-4H3/t23-,24+,25+,26+,28-/m0/s1. The number of ketones is 1. The van der Waals surface area contributed by atoms with Crippen LogP contribution in [-0.4, -0.2) is 32.6 Å². The molecule has 4 aliphatic rings. The van der Waals surface area contributed by atoms with Crippen LogP contribution in [-0.2, 0) is 9.53 Å². The highest BCUT2D eigenvalue weighted by molar-refractivity contribution is 5.93. The van der Waals surface area contributed by atoms with E-state index in [-0.39, 0.29) is 5.41 Å². The first kappa shape index (κ1) is 21.0. The van der Waals surface area contributed by atoms with Gasteiger partial charge in [0.25, 0.3) is 0 Å². The predicted octanol–water partition coefficient (Wildman–Crippen LogP) is 6.06. The molecular weight excluding hydrogens is 382 g/mol. The summed E-state index contributed by atoms with van der Waals surface area (Å²) in [5, 5.41) is 0. The number of hydrogen-bond donors (Lipinski definition) is 0. The van der Waals surface area contributed by atoms with Crippen LogP contribution in [0.5, 0.6) is 0 Å². The zero-order valence-corrected chi connectivity index (χ0v) is 19.6. The second kappa shape index (κ2) is 7.92. The van der Waals surface area contributed by atoms with Crippen molar-refractivity contribution in [1.29, 1.82) is 0 Å². The molecule has 3 nitrogen and oxygen atoms in total. The van der Waals surface area contributed by atoms with Crippen LogP contribution < -0.4 is 4.90 Å². The van der Waals surface area contributed by atoms with Crippen molar-refractivity contribution in [3.05, 3.63) is 52.6 Å². The fraction of sp³-hybridized carbons (Fsp3) is 0.607. The van der Waals surface area contributed by atoms with Gasteiger partial charge in [-0.25, -0.2) is 0 Å². The third-order valence-electron chi connectivity index (χ3n) is 8.82. The number of hydrogen-bond acceptors (Lipinski definition) is 3. The van der Waals surface area contributed by atoms with E-state index in [1.165, 1.54) is 42.5 Å². The molecule has 5 atom stereocenters. The van der Waals surface area contributed by atoms with Gasteiger partial charge in [0.2, 0.25) is 0 Å². The number of benzene rings is 1. The number of allylic oxidation sites excluding steroid dienone is 4. The number of rotatable bonds is 4. The normalized spacial score (nSPS) is 34.7. The number of nitrogens with zero attached hydrogens (tertiary/aromatic N) is 1. The van der Waals surface area contributed by atoms with Crippen LogP contribution >= 0.6 is 0 Å². The molecule has 2 saturated carbocycles. The van der Waals surface area contributed by atoms with Gasteiger partial charge in [-0.05, 0) is 97.6 Å². The molecule has 0 spiro atoms. The number of carbonyl (C=O) groups excluding carboxylic acids is 1. The van der Waals surface area contributed by atoms with Crippen LogP contribution in [0.25, 0.3) is 0 Å². The van der Waals surface area contributed by atoms with Gasteiger partial charge in [0.1, 0.15) is 0 Å². The Morgan fingerprint density at radius 3 is 2.55 bits per heavy atom. The molecule has 1 aromatic rings. The molecule has 0 bridgehead atoms. The van der Waals surface area contributed by atoms with E-state index in [9.17, 15) is 4.79 Å². The summed E-state index contributed by atoms with van der Waals surface area (Å²) < 4.78 is 6.33. The van der Waals surface area contributed by atoms with Crippen molar-refractivity contribution in [3.8, 4) is 0 Å². The second-order valence-corrected chi connectivity index (χ2v) is 10.6. The van der Waals surface area contributed by atoms with E-state index in [4.69, 9.17) is 4.74 Å². The molecule has 31 heavy (non-hydrogen) atoms. The Kier molecular flexibility index (Phi) is 5.37. The number of carbonyl (C=O) groups is 1. The van der Waals surface area contributed by atoms with Gasteiger partial charge in [-0.15, -0.1) is 0 Å². The maximum Gasteiger partial charge on any atom is 0.156 e. The van der Waals surface area contributed by atoms with Gasteiger partial charge in [-0.2, -0.15) is 0 Å². The van der Waals surface area contributed by atoms with Gasteiger partial charge in [0, 0.05) is 38.7 Å². The molecule has 1 aromatic carbocycles. The average Bonchev–Trinajstić information content (AvgIpc) is 3.09. The van der Waals surface area contributed by atoms with Crippen LogP contribution in [0.15, 0.2) is 47.1 Å². The summed E-state index contributed by atoms with van der Waals surface area (Å²) in [5.74, 6) is 2.11. The minimum atomic E-state index is 0.237. The highest BCUT2D eigenvalue weighted by Gasteiger charge is 2.57. The smallest absolute Gasteiger partial charge is 0.156 e. The molecule has 0 radical (unpaired) electrons. The van der Waals surface area contributed by atoms with Crippen molar-refractivity contribution in [2.75, 3.05) is 25.6 Å². The van der Waals surface area contributed by atoms with Crippen LogP contribution in [0.4, 0.5) is 5.69 Å². The number of anilines is 1. The Morgan fingerprint density at radius 1 is 1.06 bits per heavy atom. The van der Waals surface area contributed by atoms with Gasteiger partial charge in [-0.3, -0.25) is 4.79 Å². The summed E-state index contributed by atoms with van der Waals surface area (Å²) in [7, 11) is 4.20. The summed E-state index contributed by atoms with van der Waals surface area (Å²) in [6.07, 6.45) is 9.90. The Bertz CT molecular complexity index is 925. The maximum atomic E-state index is 12.2. The molecule has 0 aliphatic heterocycles. The first-order valence-electron chi connectivity index (χ1n) is 12.3. The molecule has 0 unspecified atom stereocenters. The van der Waals surface area contributed by atoms with E-state index < -0.39 is 0 Å². The van der Waals surface area contributed by atoms with Crippen molar-refractivity contribution in [2.45, 2.75) is 70.8 Å². The highest BCUT2D eigenvalue weighted by Crippen LogP contribution is 2.64. The first-order valence-corrected chi connectivity index (χ1v) is 12.3. The monoisotopic (exact) mass is 419 g/mol. The lowest BCUT2D eigenvalue weighted by Crippen LogP contribution is -2.45. The molecule has 0 saturated heterocycles. The van der Waals surface area contributed by atoms with Crippen molar-refractivity contribution in [2.24, 2.45) is 17.3 Å². The zero-order valence-electron chi connectivity index (χ0n) is 19.6. The molecule has 4 aliphatic carbocycles. The van der Waals surface area contributed by atoms with Gasteiger partial charge in [0.15, 0.2) is 5.78 Å². The van der Waals surface area contributed by atoms with Crippen molar-refractivity contribution in [1.82, 2.24) is 0 Å². The van der Waals surface area contributed by atoms with E-state index in [1.54, 1.807) is 11.1 Å². The first-order chi connectivity index (χ1) is 14.9. The predicted molar refractivity (Wildman–Crippen MR) is 126 cm³/mol. The topological polar surface area (TPSA) is 29.5 Å². The zero-order chi connectivity index (χ0) is 21.8. The Hall–Kier alpha value is -1.87. The minimum Gasteiger partial charge on any atom is -0.378 e. The molecule has 0 aromatic heterocycles. The summed E-state index contributed by atoms with van der Waals surface area (Å²) in [6, 6.07) is 9.24. The Labute approximate surface area is 187 Å². The maximum absolute atomic E-state index is 12.2. The molecule has 0 N–H and O–H groups in total. The molecule has 3 heteroatoms. The van der Waals surface area contributed by atoms with Crippen LogP contribution in [0, 0.1) is 17.3 Å². The lowest BCUT2D eigenvalue weighted by atomic mass is 9.53. The lowest BCUT2D eigenvalue weighted by Gasteiger charge is -2.52. The van der Waals surface area contributed by atoms with Crippen LogP contribution in [0.1, 0.15) is 70.3 Å². The average molecular weight is 420 g/mol. The van der Waals surface area contributed by atoms with E-state index in [2.05, 4.69) is 57.1 Å². The van der Waals surface area contributed by atoms with Crippen LogP contribution in [0.3, 0.4) is 0 Å². The van der Waals surface area contributed by atoms with E-state index in [0.717, 1.165) is 19.4 Å². The fourth-order valence-electron chi connectivity index (χ4n) is 7.39. The van der Waals surface area contributed by atoms with Crippen LogP contribution in [0.2, 0.25) is 0 Å². The molecule has 0 amide bonds. The number of ether oxygens (including phenoxy) is 1. The van der Waals surface area contributed by atoms with Gasteiger partial charge in [-0.1, -0.05) is 24.6 Å². The quantitative estimate of drug-likeness (QED) is 0.594. The van der Waals surface area contributed by atoms with Crippen molar-refractivity contribution in [3.63, 3.8) is 0 Å². The minimum absolute atomic E-state index is 0.237. The summed E-state index contributed by atoms with van der Waals surface area (Å²) in [5.41, 5.74) is 7.50. The van der Waals surface area contributed by atoms with E-state index in [0.29, 0.717) is 36.1 Å². The van der Waals surface area contributed by atoms with Gasteiger partial charge < -0.3 is 9.64 Å². The molecule has 0 heterocycles. The Balaban J connectivity index is 1.62. The molecule has 2 fully saturated rings. The summed E-state index contributed by atoms with van der Waals surface area (Å²) in [4.78, 5) is 14.3. The molecule has 5 rings (SSSR count). The second-order valence-electron chi connectivity index (χ2n) is 10.6. The SMILES string of the molecule is CCO[C@@H]1CC[C@@H]2[C@@H]3CCC4=CC(=O)CCC4=C3[C@@H](c3ccc(N(C)C)cc3)C[C@@]21C. The fourth-order valence-corrected chi connectivity index (χ4v) is 7.39. The number of fused-ring (bicyclic) bond motifs is 4. The Morgan fingerprint density at radius 2 is 1.84 bits per heavy atom. The highest BCUT2D eigenvalue weighted by atomic mass is 16.5. The van der Waals surface area contributed by atoms with E-state index >= 15 is 0 Å². The molecule has 166 valence electrons. The largest absolute Gasteiger partial charge is 0.378 e. The third-order valence-corrected chi connectivity index (χ3v) is 8.82. The summed E-state index contributed by atoms with van der Waals surface area (Å²) >= 11 is 0. The van der Waals surface area contributed by atoms with Crippen molar-refractivity contribution < 1.29 is 9.53 Å². The lowest BCUT2D eigenvalue weighted by molar-refractivity contribution is -0.114.